The summed E-state index contributed by atoms with van der Waals surface area (Å²) in [7, 11) is 0. The minimum atomic E-state index is -2.24. The molecule has 1 amide bonds. The van der Waals surface area contributed by atoms with Gasteiger partial charge in [-0.05, 0) is 53.4 Å². The molecular weight excluding hydrogens is 469 g/mol. The van der Waals surface area contributed by atoms with Gasteiger partial charge in [-0.1, -0.05) is 59.6 Å². The fourth-order valence-corrected chi connectivity index (χ4v) is 4.08. The molecule has 1 unspecified atom stereocenters. The maximum Gasteiger partial charge on any atom is 0.261 e. The summed E-state index contributed by atoms with van der Waals surface area (Å²) in [4.78, 5) is 12.5. The molecule has 0 heterocycles. The van der Waals surface area contributed by atoms with E-state index in [0.717, 1.165) is 16.7 Å². The number of hydrogen-bond acceptors (Lipinski definition) is 3. The third-order valence-electron chi connectivity index (χ3n) is 4.93. The van der Waals surface area contributed by atoms with Crippen molar-refractivity contribution in [3.8, 4) is 0 Å². The molecule has 9 heteroatoms. The second-order valence-corrected chi connectivity index (χ2v) is 8.73. The van der Waals surface area contributed by atoms with Crippen LogP contribution in [0, 0.1) is 0 Å². The number of carbonyl (C=O) groups excluding carboxylic acids is 1. The van der Waals surface area contributed by atoms with Gasteiger partial charge in [0.15, 0.2) is 0 Å². The number of nitrogens with two attached hydrogens (primary N) is 1. The minimum Gasteiger partial charge on any atom is -0.348 e. The van der Waals surface area contributed by atoms with Crippen LogP contribution in [0.3, 0.4) is 0 Å². The summed E-state index contributed by atoms with van der Waals surface area (Å²) in [5.74, 6) is -0.234. The van der Waals surface area contributed by atoms with E-state index in [4.69, 9.17) is 28.9 Å². The van der Waals surface area contributed by atoms with Gasteiger partial charge >= 0.3 is 0 Å². The average Bonchev–Trinajstić information content (AvgIpc) is 2.80. The van der Waals surface area contributed by atoms with Crippen LogP contribution in [0.15, 0.2) is 66.7 Å². The summed E-state index contributed by atoms with van der Waals surface area (Å²) in [6, 6.07) is 19.5. The van der Waals surface area contributed by atoms with E-state index in [0.29, 0.717) is 40.8 Å². The summed E-state index contributed by atoms with van der Waals surface area (Å²) in [6.45, 7) is 1.10. The number of amides is 1. The Bertz CT molecular complexity index is 1090. The number of anilines is 1. The fraction of sp³-hybridized carbons (Fsp3) is 0.174. The summed E-state index contributed by atoms with van der Waals surface area (Å²) >= 11 is 10.0. The number of hydrogen-bond donors (Lipinski definition) is 3. The highest BCUT2D eigenvalue weighted by molar-refractivity contribution is 7.80. The first kappa shape index (κ1) is 24.2. The van der Waals surface area contributed by atoms with E-state index in [2.05, 4.69) is 5.32 Å². The fourth-order valence-electron chi connectivity index (χ4n) is 3.12. The molecule has 0 saturated carbocycles. The molecule has 0 fully saturated rings. The molecule has 3 rings (SSSR count). The first-order valence-electron chi connectivity index (χ1n) is 9.86. The monoisotopic (exact) mass is 491 g/mol. The molecule has 6 nitrogen and oxygen atoms in total. The van der Waals surface area contributed by atoms with Gasteiger partial charge in [-0.25, -0.2) is 4.21 Å². The SMILES string of the molecule is NCc1ccc(CNC(=O)c2ccc(N(CCc3cccc(Cl)c3Cl)S(=O)O)cc2)cc1. The molecule has 168 valence electrons. The van der Waals surface area contributed by atoms with Crippen LogP contribution in [-0.2, 0) is 30.8 Å². The largest absolute Gasteiger partial charge is 0.348 e. The molecular formula is C23H23Cl2N3O3S. The zero-order valence-corrected chi connectivity index (χ0v) is 19.5. The number of carbonyl (C=O) groups is 1. The van der Waals surface area contributed by atoms with E-state index in [1.165, 1.54) is 4.31 Å². The summed E-state index contributed by atoms with van der Waals surface area (Å²) < 4.78 is 23.0. The second kappa shape index (κ2) is 11.4. The molecule has 0 spiro atoms. The van der Waals surface area contributed by atoms with E-state index in [9.17, 15) is 13.6 Å². The van der Waals surface area contributed by atoms with E-state index in [1.807, 2.05) is 30.3 Å². The van der Waals surface area contributed by atoms with Crippen molar-refractivity contribution in [3.05, 3.63) is 99.0 Å². The molecule has 3 aromatic rings. The molecule has 0 aliphatic rings. The molecule has 1 atom stereocenters. The maximum absolute atomic E-state index is 12.5. The van der Waals surface area contributed by atoms with Gasteiger partial charge in [-0.3, -0.25) is 13.7 Å². The Hall–Kier alpha value is -2.42. The first-order valence-corrected chi connectivity index (χ1v) is 11.7. The highest BCUT2D eigenvalue weighted by atomic mass is 35.5. The topological polar surface area (TPSA) is 95.7 Å². The third-order valence-corrected chi connectivity index (χ3v) is 6.56. The molecule has 0 aliphatic heterocycles. The van der Waals surface area contributed by atoms with Gasteiger partial charge in [0.1, 0.15) is 0 Å². The lowest BCUT2D eigenvalue weighted by Gasteiger charge is -2.20. The Morgan fingerprint density at radius 3 is 2.28 bits per heavy atom. The van der Waals surface area contributed by atoms with Crippen molar-refractivity contribution < 1.29 is 13.6 Å². The van der Waals surface area contributed by atoms with Crippen LogP contribution in [0.25, 0.3) is 0 Å². The smallest absolute Gasteiger partial charge is 0.261 e. The van der Waals surface area contributed by atoms with Crippen LogP contribution in [0.5, 0.6) is 0 Å². The Kier molecular flexibility index (Phi) is 8.67. The van der Waals surface area contributed by atoms with E-state index >= 15 is 0 Å². The quantitative estimate of drug-likeness (QED) is 0.382. The van der Waals surface area contributed by atoms with Crippen molar-refractivity contribution in [1.82, 2.24) is 5.32 Å². The van der Waals surface area contributed by atoms with Crippen molar-refractivity contribution in [2.75, 3.05) is 10.8 Å². The third kappa shape index (κ3) is 6.31. The summed E-state index contributed by atoms with van der Waals surface area (Å²) in [5.41, 5.74) is 9.33. The lowest BCUT2D eigenvalue weighted by molar-refractivity contribution is 0.0951. The molecule has 0 aromatic heterocycles. The van der Waals surface area contributed by atoms with Gasteiger partial charge in [-0.15, -0.1) is 0 Å². The standard InChI is InChI=1S/C23H23Cl2N3O3S/c24-21-3-1-2-18(22(21)25)12-13-28(32(30)31)20-10-8-19(9-11-20)23(29)27-15-17-6-4-16(14-26)5-7-17/h1-11H,12-15,26H2,(H,27,29)(H,30,31). The second-order valence-electron chi connectivity index (χ2n) is 7.05. The molecule has 32 heavy (non-hydrogen) atoms. The van der Waals surface area contributed by atoms with Crippen LogP contribution in [-0.4, -0.2) is 21.2 Å². The number of nitrogens with zero attached hydrogens (tertiary/aromatic N) is 1. The molecule has 3 aromatic carbocycles. The van der Waals surface area contributed by atoms with Gasteiger partial charge in [0, 0.05) is 25.2 Å². The Labute approximate surface area is 199 Å². The van der Waals surface area contributed by atoms with Gasteiger partial charge in [0.25, 0.3) is 17.2 Å². The average molecular weight is 492 g/mol. The predicted octanol–water partition coefficient (Wildman–Crippen LogP) is 4.57. The molecule has 0 aliphatic carbocycles. The van der Waals surface area contributed by atoms with E-state index in [-0.39, 0.29) is 12.5 Å². The summed E-state index contributed by atoms with van der Waals surface area (Å²) in [6.07, 6.45) is 0.427. The molecule has 4 N–H and O–H groups in total. The zero-order chi connectivity index (χ0) is 23.1. The molecule has 0 radical (unpaired) electrons. The van der Waals surface area contributed by atoms with Gasteiger partial charge in [0.2, 0.25) is 0 Å². The van der Waals surface area contributed by atoms with Crippen molar-refractivity contribution in [1.29, 1.82) is 0 Å². The van der Waals surface area contributed by atoms with Crippen LogP contribution in [0.4, 0.5) is 5.69 Å². The van der Waals surface area contributed by atoms with Crippen LogP contribution in [0.2, 0.25) is 10.0 Å². The number of benzene rings is 3. The normalized spacial score (nSPS) is 11.8. The van der Waals surface area contributed by atoms with Crippen LogP contribution in [0.1, 0.15) is 27.0 Å². The molecule has 0 bridgehead atoms. The van der Waals surface area contributed by atoms with Gasteiger partial charge < -0.3 is 11.1 Å². The van der Waals surface area contributed by atoms with E-state index in [1.54, 1.807) is 36.4 Å². The number of nitrogens with one attached hydrogen (secondary N) is 1. The highest BCUT2D eigenvalue weighted by Crippen LogP contribution is 2.26. The van der Waals surface area contributed by atoms with Crippen LogP contribution < -0.4 is 15.4 Å². The lowest BCUT2D eigenvalue weighted by atomic mass is 10.1. The van der Waals surface area contributed by atoms with E-state index < -0.39 is 11.3 Å². The Morgan fingerprint density at radius 1 is 1.00 bits per heavy atom. The number of halogens is 2. The van der Waals surface area contributed by atoms with Gasteiger partial charge in [0.05, 0.1) is 15.7 Å². The zero-order valence-electron chi connectivity index (χ0n) is 17.1. The highest BCUT2D eigenvalue weighted by Gasteiger charge is 2.15. The Balaban J connectivity index is 1.62. The number of rotatable bonds is 9. The van der Waals surface area contributed by atoms with Gasteiger partial charge in [-0.2, -0.15) is 0 Å². The predicted molar refractivity (Wildman–Crippen MR) is 130 cm³/mol. The van der Waals surface area contributed by atoms with Crippen molar-refractivity contribution in [2.24, 2.45) is 5.73 Å². The Morgan fingerprint density at radius 2 is 1.66 bits per heavy atom. The maximum atomic E-state index is 12.5. The lowest BCUT2D eigenvalue weighted by Crippen LogP contribution is -2.28. The van der Waals surface area contributed by atoms with Crippen molar-refractivity contribution >= 4 is 46.1 Å². The first-order chi connectivity index (χ1) is 15.4. The molecule has 0 saturated heterocycles. The summed E-state index contributed by atoms with van der Waals surface area (Å²) in [5, 5.41) is 3.73. The van der Waals surface area contributed by atoms with Crippen molar-refractivity contribution in [3.63, 3.8) is 0 Å². The minimum absolute atomic E-state index is 0.234. The van der Waals surface area contributed by atoms with Crippen molar-refractivity contribution in [2.45, 2.75) is 19.5 Å². The van der Waals surface area contributed by atoms with Crippen LogP contribution >= 0.6 is 23.2 Å².